The fraction of sp³-hybridized carbons (Fsp3) is 0.481. The van der Waals surface area contributed by atoms with Crippen LogP contribution in [0.4, 0.5) is 5.69 Å². The summed E-state index contributed by atoms with van der Waals surface area (Å²) < 4.78 is 26.6. The highest BCUT2D eigenvalue weighted by atomic mass is 32.2. The van der Waals surface area contributed by atoms with Gasteiger partial charge in [-0.15, -0.1) is 0 Å². The summed E-state index contributed by atoms with van der Waals surface area (Å²) in [5.41, 5.74) is 3.82. The van der Waals surface area contributed by atoms with Gasteiger partial charge < -0.3 is 10.2 Å². The lowest BCUT2D eigenvalue weighted by molar-refractivity contribution is -0.141. The minimum absolute atomic E-state index is 0.196. The van der Waals surface area contributed by atoms with Crippen molar-refractivity contribution in [2.75, 3.05) is 17.1 Å². The van der Waals surface area contributed by atoms with E-state index in [1.54, 1.807) is 12.1 Å². The molecule has 2 rings (SSSR count). The molecule has 35 heavy (non-hydrogen) atoms. The first kappa shape index (κ1) is 28.4. The van der Waals surface area contributed by atoms with Gasteiger partial charge in [0.15, 0.2) is 0 Å². The van der Waals surface area contributed by atoms with Gasteiger partial charge in [-0.2, -0.15) is 0 Å². The van der Waals surface area contributed by atoms with Crippen LogP contribution in [-0.4, -0.2) is 49.5 Å². The standard InChI is InChI=1S/C27H39N3O4S/c1-9-24(26(32)28-27(5,6)7)29(17-22-12-10-11-19(2)15-22)25(31)18-30(35(8,33)34)23-14-13-20(3)21(4)16-23/h10-16,24H,9,17-18H2,1-8H3,(H,28,32)/t24-/m0/s1. The summed E-state index contributed by atoms with van der Waals surface area (Å²) in [4.78, 5) is 28.4. The largest absolute Gasteiger partial charge is 0.350 e. The Morgan fingerprint density at radius 3 is 2.17 bits per heavy atom. The van der Waals surface area contributed by atoms with Crippen LogP contribution in [0.15, 0.2) is 42.5 Å². The minimum Gasteiger partial charge on any atom is -0.350 e. The molecule has 0 radical (unpaired) electrons. The number of amides is 2. The SMILES string of the molecule is CC[C@@H](C(=O)NC(C)(C)C)N(Cc1cccc(C)c1)C(=O)CN(c1ccc(C)c(C)c1)S(C)(=O)=O. The number of hydrogen-bond acceptors (Lipinski definition) is 4. The van der Waals surface area contributed by atoms with E-state index in [2.05, 4.69) is 5.32 Å². The third-order valence-electron chi connectivity index (χ3n) is 5.78. The van der Waals surface area contributed by atoms with Gasteiger partial charge in [0.25, 0.3) is 0 Å². The zero-order valence-electron chi connectivity index (χ0n) is 22.2. The van der Waals surface area contributed by atoms with Gasteiger partial charge in [-0.3, -0.25) is 13.9 Å². The molecule has 0 aliphatic heterocycles. The zero-order valence-corrected chi connectivity index (χ0v) is 23.0. The first-order valence-corrected chi connectivity index (χ1v) is 13.7. The number of nitrogens with zero attached hydrogens (tertiary/aromatic N) is 2. The van der Waals surface area contributed by atoms with Crippen molar-refractivity contribution >= 4 is 27.5 Å². The van der Waals surface area contributed by atoms with Crippen LogP contribution in [0.3, 0.4) is 0 Å². The summed E-state index contributed by atoms with van der Waals surface area (Å²) in [6, 6.07) is 12.3. The molecule has 0 aliphatic rings. The molecule has 8 heteroatoms. The number of carbonyl (C=O) groups is 2. The molecular weight excluding hydrogens is 462 g/mol. The van der Waals surface area contributed by atoms with E-state index < -0.39 is 34.1 Å². The summed E-state index contributed by atoms with van der Waals surface area (Å²) in [6.07, 6.45) is 1.48. The third-order valence-corrected chi connectivity index (χ3v) is 6.92. The quantitative estimate of drug-likeness (QED) is 0.560. The molecule has 0 saturated heterocycles. The summed E-state index contributed by atoms with van der Waals surface area (Å²) in [5.74, 6) is -0.704. The van der Waals surface area contributed by atoms with Crippen molar-refractivity contribution in [3.05, 3.63) is 64.7 Å². The number of aryl methyl sites for hydroxylation is 3. The van der Waals surface area contributed by atoms with Crippen molar-refractivity contribution in [2.45, 2.75) is 73.0 Å². The molecule has 0 fully saturated rings. The number of hydrogen-bond donors (Lipinski definition) is 1. The lowest BCUT2D eigenvalue weighted by Gasteiger charge is -2.34. The van der Waals surface area contributed by atoms with Crippen molar-refractivity contribution in [2.24, 2.45) is 0 Å². The summed E-state index contributed by atoms with van der Waals surface area (Å²) in [6.45, 7) is 13.1. The lowest BCUT2D eigenvalue weighted by atomic mass is 10.0. The Hall–Kier alpha value is -2.87. The second kappa shape index (κ2) is 11.2. The molecule has 1 N–H and O–H groups in total. The van der Waals surface area contributed by atoms with E-state index >= 15 is 0 Å². The summed E-state index contributed by atoms with van der Waals surface area (Å²) in [7, 11) is -3.75. The molecule has 0 aromatic heterocycles. The van der Waals surface area contributed by atoms with Crippen molar-refractivity contribution in [3.8, 4) is 0 Å². The van der Waals surface area contributed by atoms with Crippen LogP contribution in [0, 0.1) is 20.8 Å². The Morgan fingerprint density at radius 1 is 1.00 bits per heavy atom. The molecule has 0 unspecified atom stereocenters. The Labute approximate surface area is 210 Å². The van der Waals surface area contributed by atoms with Crippen LogP contribution in [0.1, 0.15) is 56.4 Å². The molecule has 0 heterocycles. The van der Waals surface area contributed by atoms with E-state index in [0.29, 0.717) is 12.1 Å². The van der Waals surface area contributed by atoms with E-state index in [9.17, 15) is 18.0 Å². The van der Waals surface area contributed by atoms with Gasteiger partial charge in [0.2, 0.25) is 21.8 Å². The van der Waals surface area contributed by atoms with Crippen LogP contribution in [0.2, 0.25) is 0 Å². The highest BCUT2D eigenvalue weighted by Crippen LogP contribution is 2.23. The van der Waals surface area contributed by atoms with Crippen molar-refractivity contribution in [3.63, 3.8) is 0 Å². The van der Waals surface area contributed by atoms with E-state index in [-0.39, 0.29) is 12.5 Å². The smallest absolute Gasteiger partial charge is 0.244 e. The maximum Gasteiger partial charge on any atom is 0.244 e. The van der Waals surface area contributed by atoms with Crippen LogP contribution in [0.5, 0.6) is 0 Å². The fourth-order valence-corrected chi connectivity index (χ4v) is 4.72. The first-order chi connectivity index (χ1) is 16.1. The van der Waals surface area contributed by atoms with Gasteiger partial charge in [-0.25, -0.2) is 8.42 Å². The number of sulfonamides is 1. The second-order valence-corrected chi connectivity index (χ2v) is 12.1. The molecule has 1 atom stereocenters. The Morgan fingerprint density at radius 2 is 1.66 bits per heavy atom. The predicted octanol–water partition coefficient (Wildman–Crippen LogP) is 4.10. The molecule has 2 aromatic rings. The van der Waals surface area contributed by atoms with Crippen LogP contribution < -0.4 is 9.62 Å². The van der Waals surface area contributed by atoms with Gasteiger partial charge >= 0.3 is 0 Å². The number of nitrogens with one attached hydrogen (secondary N) is 1. The average Bonchev–Trinajstić information content (AvgIpc) is 2.71. The molecule has 0 saturated carbocycles. The summed E-state index contributed by atoms with van der Waals surface area (Å²) >= 11 is 0. The van der Waals surface area contributed by atoms with Gasteiger partial charge in [0, 0.05) is 12.1 Å². The fourth-order valence-electron chi connectivity index (χ4n) is 3.87. The van der Waals surface area contributed by atoms with Crippen LogP contribution in [0.25, 0.3) is 0 Å². The first-order valence-electron chi connectivity index (χ1n) is 11.8. The van der Waals surface area contributed by atoms with Crippen molar-refractivity contribution < 1.29 is 18.0 Å². The van der Waals surface area contributed by atoms with E-state index in [1.165, 1.54) is 4.90 Å². The molecule has 0 aliphatic carbocycles. The normalized spacial score (nSPS) is 12.7. The van der Waals surface area contributed by atoms with Crippen LogP contribution in [-0.2, 0) is 26.2 Å². The lowest BCUT2D eigenvalue weighted by Crippen LogP contribution is -2.55. The van der Waals surface area contributed by atoms with Gasteiger partial charge in [0.1, 0.15) is 12.6 Å². The molecule has 7 nitrogen and oxygen atoms in total. The van der Waals surface area contributed by atoms with Gasteiger partial charge in [-0.1, -0.05) is 42.8 Å². The van der Waals surface area contributed by atoms with Crippen molar-refractivity contribution in [1.29, 1.82) is 0 Å². The van der Waals surface area contributed by atoms with E-state index in [0.717, 1.165) is 32.8 Å². The summed E-state index contributed by atoms with van der Waals surface area (Å²) in [5, 5.41) is 2.97. The maximum absolute atomic E-state index is 13.7. The maximum atomic E-state index is 13.7. The Kier molecular flexibility index (Phi) is 9.11. The topological polar surface area (TPSA) is 86.8 Å². The number of benzene rings is 2. The monoisotopic (exact) mass is 501 g/mol. The van der Waals surface area contributed by atoms with E-state index in [4.69, 9.17) is 0 Å². The molecule has 192 valence electrons. The van der Waals surface area contributed by atoms with Gasteiger partial charge in [0.05, 0.1) is 11.9 Å². The number of anilines is 1. The molecular formula is C27H39N3O4S. The van der Waals surface area contributed by atoms with Crippen LogP contribution >= 0.6 is 0 Å². The minimum atomic E-state index is -3.75. The highest BCUT2D eigenvalue weighted by molar-refractivity contribution is 7.92. The predicted molar refractivity (Wildman–Crippen MR) is 142 cm³/mol. The molecule has 0 bridgehead atoms. The zero-order chi connectivity index (χ0) is 26.6. The van der Waals surface area contributed by atoms with E-state index in [1.807, 2.05) is 78.8 Å². The molecule has 2 amide bonds. The molecule has 2 aromatic carbocycles. The third kappa shape index (κ3) is 8.09. The average molecular weight is 502 g/mol. The Bertz CT molecular complexity index is 1170. The second-order valence-electron chi connectivity index (χ2n) is 10.2. The Balaban J connectivity index is 2.48. The highest BCUT2D eigenvalue weighted by Gasteiger charge is 2.33. The number of rotatable bonds is 9. The van der Waals surface area contributed by atoms with Crippen molar-refractivity contribution in [1.82, 2.24) is 10.2 Å². The van der Waals surface area contributed by atoms with Gasteiger partial charge in [-0.05, 0) is 76.8 Å². The number of carbonyl (C=O) groups excluding carboxylic acids is 2. The molecule has 0 spiro atoms.